The van der Waals surface area contributed by atoms with E-state index in [1.807, 2.05) is 11.5 Å². The third-order valence-electron chi connectivity index (χ3n) is 3.29. The minimum atomic E-state index is -0.443. The first kappa shape index (κ1) is 13.2. The number of aryl methyl sites for hydroxylation is 1. The minimum Gasteiger partial charge on any atom is -0.454 e. The van der Waals surface area contributed by atoms with Crippen LogP contribution in [0.5, 0.6) is 11.5 Å². The molecule has 1 aromatic heterocycles. The van der Waals surface area contributed by atoms with Gasteiger partial charge in [0.2, 0.25) is 6.79 Å². The van der Waals surface area contributed by atoms with Gasteiger partial charge in [-0.05, 0) is 6.92 Å². The normalized spacial score (nSPS) is 12.4. The molecule has 0 atom stereocenters. The molecule has 0 unspecified atom stereocenters. The molecule has 0 aliphatic carbocycles. The molecular formula is C13H14N4O4. The van der Waals surface area contributed by atoms with Gasteiger partial charge in [-0.25, -0.2) is 4.98 Å². The monoisotopic (exact) mass is 290 g/mol. The molecule has 21 heavy (non-hydrogen) atoms. The lowest BCUT2D eigenvalue weighted by Gasteiger charge is -2.09. The fraction of sp³-hybridized carbons (Fsp3) is 0.308. The molecule has 0 saturated carbocycles. The van der Waals surface area contributed by atoms with E-state index in [2.05, 4.69) is 10.3 Å². The van der Waals surface area contributed by atoms with Gasteiger partial charge >= 0.3 is 0 Å². The second-order valence-electron chi connectivity index (χ2n) is 4.50. The molecule has 1 N–H and O–H groups in total. The number of nitro benzene ring substituents is 1. The second-order valence-corrected chi connectivity index (χ2v) is 4.50. The van der Waals surface area contributed by atoms with Gasteiger partial charge < -0.3 is 19.4 Å². The summed E-state index contributed by atoms with van der Waals surface area (Å²) in [5.74, 6) is 0.901. The van der Waals surface area contributed by atoms with E-state index in [0.717, 1.165) is 12.2 Å². The zero-order valence-electron chi connectivity index (χ0n) is 11.4. The molecule has 2 heterocycles. The predicted octanol–water partition coefficient (Wildman–Crippen LogP) is 2.15. The number of nitro groups is 1. The van der Waals surface area contributed by atoms with Crippen LogP contribution in [0.1, 0.15) is 12.6 Å². The molecule has 1 aliphatic heterocycles. The number of aromatic nitrogens is 2. The lowest BCUT2D eigenvalue weighted by Crippen LogP contribution is -2.07. The topological polar surface area (TPSA) is 91.5 Å². The SMILES string of the molecule is CCn1cncc1CNc1cc2c(cc1[N+](=O)[O-])OCO2. The Hall–Kier alpha value is -2.77. The Balaban J connectivity index is 1.86. The van der Waals surface area contributed by atoms with E-state index < -0.39 is 4.92 Å². The van der Waals surface area contributed by atoms with Crippen molar-refractivity contribution in [3.8, 4) is 11.5 Å². The van der Waals surface area contributed by atoms with Crippen molar-refractivity contribution in [2.45, 2.75) is 20.0 Å². The molecule has 8 nitrogen and oxygen atoms in total. The second kappa shape index (κ2) is 5.31. The Labute approximate surface area is 120 Å². The summed E-state index contributed by atoms with van der Waals surface area (Å²) in [6, 6.07) is 2.97. The molecule has 110 valence electrons. The quantitative estimate of drug-likeness (QED) is 0.670. The van der Waals surface area contributed by atoms with Gasteiger partial charge in [0.05, 0.1) is 29.6 Å². The van der Waals surface area contributed by atoms with Crippen molar-refractivity contribution in [1.29, 1.82) is 0 Å². The van der Waals surface area contributed by atoms with Crippen LogP contribution in [0, 0.1) is 10.1 Å². The Morgan fingerprint density at radius 1 is 1.43 bits per heavy atom. The van der Waals surface area contributed by atoms with Crippen LogP contribution in [0.2, 0.25) is 0 Å². The summed E-state index contributed by atoms with van der Waals surface area (Å²) in [5.41, 5.74) is 1.30. The van der Waals surface area contributed by atoms with Crippen LogP contribution in [0.4, 0.5) is 11.4 Å². The molecule has 8 heteroatoms. The molecular weight excluding hydrogens is 276 g/mol. The number of nitrogens with one attached hydrogen (secondary N) is 1. The zero-order valence-corrected chi connectivity index (χ0v) is 11.4. The Kier molecular flexibility index (Phi) is 3.35. The minimum absolute atomic E-state index is 0.0400. The van der Waals surface area contributed by atoms with Crippen LogP contribution < -0.4 is 14.8 Å². The number of fused-ring (bicyclic) bond motifs is 1. The standard InChI is InChI=1S/C13H14N4O4/c1-2-16-7-14-5-9(16)6-15-10-3-12-13(21-8-20-12)4-11(10)17(18)19/h3-5,7,15H,2,6,8H2,1H3. The summed E-state index contributed by atoms with van der Waals surface area (Å²) in [5, 5.41) is 14.2. The number of hydrogen-bond donors (Lipinski definition) is 1. The van der Waals surface area contributed by atoms with Gasteiger partial charge in [-0.2, -0.15) is 0 Å². The highest BCUT2D eigenvalue weighted by Crippen LogP contribution is 2.40. The van der Waals surface area contributed by atoms with Crippen molar-refractivity contribution in [3.63, 3.8) is 0 Å². The molecule has 0 amide bonds. The summed E-state index contributed by atoms with van der Waals surface area (Å²) < 4.78 is 12.4. The van der Waals surface area contributed by atoms with E-state index in [-0.39, 0.29) is 12.5 Å². The molecule has 3 rings (SSSR count). The summed E-state index contributed by atoms with van der Waals surface area (Å²) >= 11 is 0. The van der Waals surface area contributed by atoms with Gasteiger partial charge in [-0.15, -0.1) is 0 Å². The lowest BCUT2D eigenvalue weighted by molar-refractivity contribution is -0.384. The maximum Gasteiger partial charge on any atom is 0.296 e. The highest BCUT2D eigenvalue weighted by molar-refractivity contribution is 5.68. The number of nitrogens with zero attached hydrogens (tertiary/aromatic N) is 3. The molecule has 2 aromatic rings. The Bertz CT molecular complexity index is 683. The van der Waals surface area contributed by atoms with Crippen molar-refractivity contribution in [2.75, 3.05) is 12.1 Å². The van der Waals surface area contributed by atoms with Gasteiger partial charge in [0.1, 0.15) is 5.69 Å². The molecule has 0 saturated heterocycles. The van der Waals surface area contributed by atoms with Gasteiger partial charge in [0.15, 0.2) is 11.5 Å². The third kappa shape index (κ3) is 2.47. The summed E-state index contributed by atoms with van der Waals surface area (Å²) in [6.07, 6.45) is 3.46. The average molecular weight is 290 g/mol. The molecule has 0 bridgehead atoms. The first-order valence-corrected chi connectivity index (χ1v) is 6.50. The number of imidazole rings is 1. The van der Waals surface area contributed by atoms with Crippen LogP contribution in [0.15, 0.2) is 24.7 Å². The van der Waals surface area contributed by atoms with Gasteiger partial charge in [0, 0.05) is 18.8 Å². The smallest absolute Gasteiger partial charge is 0.296 e. The van der Waals surface area contributed by atoms with E-state index in [4.69, 9.17) is 9.47 Å². The summed E-state index contributed by atoms with van der Waals surface area (Å²) in [4.78, 5) is 14.8. The van der Waals surface area contributed by atoms with Crippen LogP contribution in [-0.2, 0) is 13.1 Å². The van der Waals surface area contributed by atoms with Crippen molar-refractivity contribution in [1.82, 2.24) is 9.55 Å². The predicted molar refractivity (Wildman–Crippen MR) is 74.4 cm³/mol. The van der Waals surface area contributed by atoms with E-state index in [1.54, 1.807) is 18.6 Å². The maximum absolute atomic E-state index is 11.2. The fourth-order valence-electron chi connectivity index (χ4n) is 2.19. The summed E-state index contributed by atoms with van der Waals surface area (Å²) in [6.45, 7) is 3.32. The molecule has 0 spiro atoms. The van der Waals surface area contributed by atoms with Crippen LogP contribution in [0.25, 0.3) is 0 Å². The van der Waals surface area contributed by atoms with Gasteiger partial charge in [-0.3, -0.25) is 10.1 Å². The number of anilines is 1. The molecule has 1 aliphatic rings. The van der Waals surface area contributed by atoms with Crippen molar-refractivity contribution in [2.24, 2.45) is 0 Å². The number of ether oxygens (including phenoxy) is 2. The highest BCUT2D eigenvalue weighted by atomic mass is 16.7. The van der Waals surface area contributed by atoms with Crippen LogP contribution >= 0.6 is 0 Å². The van der Waals surface area contributed by atoms with Crippen molar-refractivity contribution >= 4 is 11.4 Å². The fourth-order valence-corrected chi connectivity index (χ4v) is 2.19. The largest absolute Gasteiger partial charge is 0.454 e. The zero-order chi connectivity index (χ0) is 14.8. The lowest BCUT2D eigenvalue weighted by atomic mass is 10.2. The van der Waals surface area contributed by atoms with Crippen LogP contribution in [-0.4, -0.2) is 21.3 Å². The summed E-state index contributed by atoms with van der Waals surface area (Å²) in [7, 11) is 0. The van der Waals surface area contributed by atoms with Crippen LogP contribution in [0.3, 0.4) is 0 Å². The van der Waals surface area contributed by atoms with Gasteiger partial charge in [-0.1, -0.05) is 0 Å². The number of rotatable bonds is 5. The highest BCUT2D eigenvalue weighted by Gasteiger charge is 2.23. The van der Waals surface area contributed by atoms with E-state index in [0.29, 0.717) is 23.7 Å². The maximum atomic E-state index is 11.2. The number of benzene rings is 1. The van der Waals surface area contributed by atoms with E-state index in [1.165, 1.54) is 6.07 Å². The Morgan fingerprint density at radius 2 is 2.19 bits per heavy atom. The van der Waals surface area contributed by atoms with Crippen molar-refractivity contribution in [3.05, 3.63) is 40.5 Å². The van der Waals surface area contributed by atoms with Gasteiger partial charge in [0.25, 0.3) is 5.69 Å². The van der Waals surface area contributed by atoms with E-state index in [9.17, 15) is 10.1 Å². The molecule has 0 fully saturated rings. The third-order valence-corrected chi connectivity index (χ3v) is 3.29. The molecule has 1 aromatic carbocycles. The van der Waals surface area contributed by atoms with E-state index >= 15 is 0 Å². The Morgan fingerprint density at radius 3 is 2.90 bits per heavy atom. The van der Waals surface area contributed by atoms with Crippen molar-refractivity contribution < 1.29 is 14.4 Å². The number of hydrogen-bond acceptors (Lipinski definition) is 6. The average Bonchev–Trinajstić information content (AvgIpc) is 3.11. The molecule has 0 radical (unpaired) electrons. The first-order chi connectivity index (χ1) is 10.2. The first-order valence-electron chi connectivity index (χ1n) is 6.50.